The van der Waals surface area contributed by atoms with E-state index in [0.717, 1.165) is 6.42 Å². The molecule has 1 aromatic rings. The van der Waals surface area contributed by atoms with Crippen LogP contribution in [0.5, 0.6) is 0 Å². The second-order valence-corrected chi connectivity index (χ2v) is 8.52. The number of hydrogen-bond acceptors (Lipinski definition) is 4. The molecule has 2 atom stereocenters. The molecule has 1 aliphatic rings. The molecule has 1 heterocycles. The number of sulfone groups is 1. The lowest BCUT2D eigenvalue weighted by molar-refractivity contribution is -0.122. The van der Waals surface area contributed by atoms with Gasteiger partial charge in [-0.1, -0.05) is 37.3 Å². The van der Waals surface area contributed by atoms with Gasteiger partial charge in [0.05, 0.1) is 18.1 Å². The van der Waals surface area contributed by atoms with E-state index < -0.39 is 9.84 Å². The zero-order chi connectivity index (χ0) is 16.9. The lowest BCUT2D eigenvalue weighted by atomic mass is 9.96. The summed E-state index contributed by atoms with van der Waals surface area (Å²) in [6.07, 6.45) is 1.58. The molecule has 0 aromatic heterocycles. The summed E-state index contributed by atoms with van der Waals surface area (Å²) < 4.78 is 23.0. The first-order valence-electron chi connectivity index (χ1n) is 8.13. The standard InChI is InChI=1S/C17H26N2O3S/c1-3-14(15-7-5-4-6-8-15)11-18-17(20)12-19(2)16-9-10-23(21,22)13-16/h4-8,14,16H,3,9-13H2,1-2H3,(H,18,20)/t14-,16-/m0/s1. The quantitative estimate of drug-likeness (QED) is 0.816. The molecule has 0 bridgehead atoms. The molecule has 1 aliphatic heterocycles. The highest BCUT2D eigenvalue weighted by Crippen LogP contribution is 2.18. The molecule has 2 rings (SSSR count). The van der Waals surface area contributed by atoms with Crippen LogP contribution in [0.25, 0.3) is 0 Å². The van der Waals surface area contributed by atoms with Crippen LogP contribution in [0.4, 0.5) is 0 Å². The van der Waals surface area contributed by atoms with Crippen molar-refractivity contribution < 1.29 is 13.2 Å². The Bertz CT molecular complexity index is 616. The first kappa shape index (κ1) is 17.9. The van der Waals surface area contributed by atoms with Gasteiger partial charge < -0.3 is 5.32 Å². The van der Waals surface area contributed by atoms with Crippen LogP contribution in [0.15, 0.2) is 30.3 Å². The van der Waals surface area contributed by atoms with Crippen LogP contribution in [0.2, 0.25) is 0 Å². The zero-order valence-electron chi connectivity index (χ0n) is 13.9. The minimum Gasteiger partial charge on any atom is -0.354 e. The highest BCUT2D eigenvalue weighted by atomic mass is 32.2. The van der Waals surface area contributed by atoms with Crippen molar-refractivity contribution in [2.75, 3.05) is 31.6 Å². The fraction of sp³-hybridized carbons (Fsp3) is 0.588. The van der Waals surface area contributed by atoms with E-state index in [1.54, 1.807) is 0 Å². The van der Waals surface area contributed by atoms with Gasteiger partial charge in [-0.2, -0.15) is 0 Å². The monoisotopic (exact) mass is 338 g/mol. The molecular weight excluding hydrogens is 312 g/mol. The maximum Gasteiger partial charge on any atom is 0.234 e. The summed E-state index contributed by atoms with van der Waals surface area (Å²) in [4.78, 5) is 14.0. The fourth-order valence-electron chi connectivity index (χ4n) is 2.99. The van der Waals surface area contributed by atoms with Crippen molar-refractivity contribution in [2.45, 2.75) is 31.7 Å². The Morgan fingerprint density at radius 2 is 2.04 bits per heavy atom. The molecule has 1 aromatic carbocycles. The van der Waals surface area contributed by atoms with Crippen LogP contribution in [0.1, 0.15) is 31.2 Å². The number of amides is 1. The number of benzene rings is 1. The van der Waals surface area contributed by atoms with E-state index in [9.17, 15) is 13.2 Å². The molecule has 5 nitrogen and oxygen atoms in total. The molecule has 6 heteroatoms. The SMILES string of the molecule is CC[C@@H](CNC(=O)CN(C)[C@H]1CCS(=O)(=O)C1)c1ccccc1. The maximum absolute atomic E-state index is 12.1. The first-order chi connectivity index (χ1) is 10.9. The van der Waals surface area contributed by atoms with Crippen LogP contribution >= 0.6 is 0 Å². The molecule has 1 N–H and O–H groups in total. The van der Waals surface area contributed by atoms with Crippen molar-refractivity contribution in [3.05, 3.63) is 35.9 Å². The van der Waals surface area contributed by atoms with Crippen molar-refractivity contribution in [3.63, 3.8) is 0 Å². The Balaban J connectivity index is 1.80. The predicted octanol–water partition coefficient (Wildman–Crippen LogP) is 1.42. The Labute approximate surface area is 139 Å². The van der Waals surface area contributed by atoms with Crippen molar-refractivity contribution in [3.8, 4) is 0 Å². The second-order valence-electron chi connectivity index (χ2n) is 6.29. The molecule has 0 radical (unpaired) electrons. The van der Waals surface area contributed by atoms with E-state index in [1.165, 1.54) is 5.56 Å². The minimum absolute atomic E-state index is 0.0400. The smallest absolute Gasteiger partial charge is 0.234 e. The molecule has 0 spiro atoms. The molecule has 1 fully saturated rings. The zero-order valence-corrected chi connectivity index (χ0v) is 14.7. The lowest BCUT2D eigenvalue weighted by Gasteiger charge is -2.23. The molecule has 1 amide bonds. The van der Waals surface area contributed by atoms with Crippen LogP contribution < -0.4 is 5.32 Å². The van der Waals surface area contributed by atoms with E-state index in [4.69, 9.17) is 0 Å². The van der Waals surface area contributed by atoms with Gasteiger partial charge in [0.1, 0.15) is 0 Å². The Hall–Kier alpha value is -1.40. The van der Waals surface area contributed by atoms with Crippen molar-refractivity contribution in [1.29, 1.82) is 0 Å². The summed E-state index contributed by atoms with van der Waals surface area (Å²) in [6, 6.07) is 10.1. The van der Waals surface area contributed by atoms with E-state index in [1.807, 2.05) is 30.1 Å². The van der Waals surface area contributed by atoms with E-state index in [-0.39, 0.29) is 30.0 Å². The third-order valence-electron chi connectivity index (χ3n) is 4.53. The highest BCUT2D eigenvalue weighted by Gasteiger charge is 2.31. The number of carbonyl (C=O) groups excluding carboxylic acids is 1. The lowest BCUT2D eigenvalue weighted by Crippen LogP contribution is -2.42. The van der Waals surface area contributed by atoms with Gasteiger partial charge >= 0.3 is 0 Å². The van der Waals surface area contributed by atoms with E-state index >= 15 is 0 Å². The summed E-state index contributed by atoms with van der Waals surface area (Å²) in [5.41, 5.74) is 1.23. The fourth-order valence-corrected chi connectivity index (χ4v) is 4.80. The van der Waals surface area contributed by atoms with Gasteiger partial charge in [0.25, 0.3) is 0 Å². The van der Waals surface area contributed by atoms with Gasteiger partial charge in [-0.25, -0.2) is 8.42 Å². The topological polar surface area (TPSA) is 66.5 Å². The van der Waals surface area contributed by atoms with Crippen molar-refractivity contribution in [2.24, 2.45) is 0 Å². The summed E-state index contributed by atoms with van der Waals surface area (Å²) in [5.74, 6) is 0.650. The third kappa shape index (κ3) is 5.32. The Kier molecular flexibility index (Phi) is 6.18. The molecule has 128 valence electrons. The van der Waals surface area contributed by atoms with Gasteiger partial charge in [0, 0.05) is 18.5 Å². The molecule has 0 unspecified atom stereocenters. The summed E-state index contributed by atoms with van der Waals surface area (Å²) >= 11 is 0. The molecule has 0 saturated carbocycles. The maximum atomic E-state index is 12.1. The number of carbonyl (C=O) groups is 1. The van der Waals surface area contributed by atoms with Crippen LogP contribution in [-0.4, -0.2) is 56.9 Å². The van der Waals surface area contributed by atoms with Crippen LogP contribution in [-0.2, 0) is 14.6 Å². The Morgan fingerprint density at radius 3 is 2.61 bits per heavy atom. The van der Waals surface area contributed by atoms with Crippen LogP contribution in [0.3, 0.4) is 0 Å². The predicted molar refractivity (Wildman–Crippen MR) is 92.2 cm³/mol. The average Bonchev–Trinajstić information content (AvgIpc) is 2.89. The highest BCUT2D eigenvalue weighted by molar-refractivity contribution is 7.91. The largest absolute Gasteiger partial charge is 0.354 e. The molecule has 1 saturated heterocycles. The molecular formula is C17H26N2O3S. The van der Waals surface area contributed by atoms with Crippen molar-refractivity contribution >= 4 is 15.7 Å². The second kappa shape index (κ2) is 7.93. The average molecular weight is 338 g/mol. The number of nitrogens with zero attached hydrogens (tertiary/aromatic N) is 1. The first-order valence-corrected chi connectivity index (χ1v) is 9.95. The van der Waals surface area contributed by atoms with Gasteiger partial charge in [-0.3, -0.25) is 9.69 Å². The number of likely N-dealkylation sites (N-methyl/N-ethyl adjacent to an activating group) is 1. The minimum atomic E-state index is -2.92. The van der Waals surface area contributed by atoms with Gasteiger partial charge in [0.15, 0.2) is 9.84 Å². The van der Waals surface area contributed by atoms with E-state index in [2.05, 4.69) is 24.4 Å². The van der Waals surface area contributed by atoms with Gasteiger partial charge in [0.2, 0.25) is 5.91 Å². The normalized spacial score (nSPS) is 21.3. The van der Waals surface area contributed by atoms with Crippen molar-refractivity contribution in [1.82, 2.24) is 10.2 Å². The molecule has 23 heavy (non-hydrogen) atoms. The van der Waals surface area contributed by atoms with Gasteiger partial charge in [-0.15, -0.1) is 0 Å². The number of rotatable bonds is 7. The number of hydrogen-bond donors (Lipinski definition) is 1. The Morgan fingerprint density at radius 1 is 1.35 bits per heavy atom. The van der Waals surface area contributed by atoms with E-state index in [0.29, 0.717) is 18.9 Å². The summed E-state index contributed by atoms with van der Waals surface area (Å²) in [5, 5.41) is 2.98. The summed E-state index contributed by atoms with van der Waals surface area (Å²) in [7, 11) is -1.10. The molecule has 0 aliphatic carbocycles. The third-order valence-corrected chi connectivity index (χ3v) is 6.28. The van der Waals surface area contributed by atoms with Crippen LogP contribution in [0, 0.1) is 0 Å². The van der Waals surface area contributed by atoms with Gasteiger partial charge in [-0.05, 0) is 25.5 Å². The summed E-state index contributed by atoms with van der Waals surface area (Å²) in [6.45, 7) is 2.96. The number of nitrogens with one attached hydrogen (secondary N) is 1.